The number of nitrogens with zero attached hydrogens (tertiary/aromatic N) is 3. The Morgan fingerprint density at radius 3 is 2.67 bits per heavy atom. The van der Waals surface area contributed by atoms with E-state index in [4.69, 9.17) is 4.74 Å². The average molecular weight is 365 g/mol. The van der Waals surface area contributed by atoms with Gasteiger partial charge in [-0.15, -0.1) is 0 Å². The van der Waals surface area contributed by atoms with Crippen molar-refractivity contribution in [1.29, 1.82) is 0 Å². The second-order valence-corrected chi connectivity index (χ2v) is 8.12. The van der Waals surface area contributed by atoms with Gasteiger partial charge in [-0.3, -0.25) is 9.78 Å². The molecule has 5 heteroatoms. The van der Waals surface area contributed by atoms with E-state index in [-0.39, 0.29) is 11.3 Å². The van der Waals surface area contributed by atoms with Crippen LogP contribution in [0.1, 0.15) is 28.0 Å². The number of likely N-dealkylation sites (N-methyl/N-ethyl adjacent to an activating group) is 1. The topological polar surface area (TPSA) is 45.7 Å². The Labute approximate surface area is 161 Å². The van der Waals surface area contributed by atoms with Crippen LogP contribution in [0.3, 0.4) is 0 Å². The number of hydrogen-bond acceptors (Lipinski definition) is 4. The van der Waals surface area contributed by atoms with E-state index < -0.39 is 0 Å². The van der Waals surface area contributed by atoms with E-state index in [1.807, 2.05) is 42.2 Å². The molecule has 2 aromatic rings. The Morgan fingerprint density at radius 2 is 1.96 bits per heavy atom. The number of benzene rings is 1. The van der Waals surface area contributed by atoms with Crippen molar-refractivity contribution in [2.75, 3.05) is 33.3 Å². The molecule has 142 valence electrons. The summed E-state index contributed by atoms with van der Waals surface area (Å²) in [7, 11) is 2.17. The quantitative estimate of drug-likeness (QED) is 0.817. The van der Waals surface area contributed by atoms with Crippen LogP contribution < -0.4 is 0 Å². The standard InChI is InChI=1S/C22H27N3O2/c1-17-8-9-19(11-23-17)21(26)25-15-22(16-25)10-20(24(2)14-22)13-27-12-18-6-4-3-5-7-18/h3-9,11,20H,10,12-16H2,1-2H3. The molecule has 27 heavy (non-hydrogen) atoms. The average Bonchev–Trinajstić information content (AvgIpc) is 2.98. The van der Waals surface area contributed by atoms with Gasteiger partial charge in [0.1, 0.15) is 0 Å². The monoisotopic (exact) mass is 365 g/mol. The van der Waals surface area contributed by atoms with Crippen molar-refractivity contribution in [3.05, 3.63) is 65.5 Å². The minimum atomic E-state index is 0.0968. The van der Waals surface area contributed by atoms with Crippen LogP contribution in [-0.2, 0) is 11.3 Å². The largest absolute Gasteiger partial charge is 0.375 e. The molecule has 3 heterocycles. The molecule has 0 aliphatic carbocycles. The van der Waals surface area contributed by atoms with Crippen LogP contribution in [0.15, 0.2) is 48.7 Å². The Balaban J connectivity index is 1.27. The fourth-order valence-corrected chi connectivity index (χ4v) is 4.36. The van der Waals surface area contributed by atoms with Crippen molar-refractivity contribution in [1.82, 2.24) is 14.8 Å². The van der Waals surface area contributed by atoms with E-state index in [0.717, 1.165) is 38.4 Å². The maximum Gasteiger partial charge on any atom is 0.255 e. The number of amides is 1. The van der Waals surface area contributed by atoms with Crippen LogP contribution in [0.2, 0.25) is 0 Å². The van der Waals surface area contributed by atoms with Crippen LogP contribution >= 0.6 is 0 Å². The maximum atomic E-state index is 12.6. The van der Waals surface area contributed by atoms with Gasteiger partial charge in [-0.1, -0.05) is 30.3 Å². The van der Waals surface area contributed by atoms with Gasteiger partial charge in [0.2, 0.25) is 0 Å². The second-order valence-electron chi connectivity index (χ2n) is 8.12. The first-order chi connectivity index (χ1) is 13.0. The first-order valence-corrected chi connectivity index (χ1v) is 9.59. The van der Waals surface area contributed by atoms with Crippen LogP contribution in [0.4, 0.5) is 0 Å². The van der Waals surface area contributed by atoms with E-state index in [2.05, 4.69) is 29.1 Å². The zero-order valence-corrected chi connectivity index (χ0v) is 16.1. The number of carbonyl (C=O) groups is 1. The lowest BCUT2D eigenvalue weighted by atomic mass is 9.77. The first kappa shape index (κ1) is 18.1. The van der Waals surface area contributed by atoms with Crippen molar-refractivity contribution in [3.8, 4) is 0 Å². The van der Waals surface area contributed by atoms with Crippen LogP contribution in [-0.4, -0.2) is 60.0 Å². The van der Waals surface area contributed by atoms with Gasteiger partial charge >= 0.3 is 0 Å². The number of likely N-dealkylation sites (tertiary alicyclic amines) is 2. The van der Waals surface area contributed by atoms with Gasteiger partial charge in [-0.25, -0.2) is 0 Å². The lowest BCUT2D eigenvalue weighted by molar-refractivity contribution is 0.0109. The van der Waals surface area contributed by atoms with E-state index in [1.165, 1.54) is 5.56 Å². The summed E-state index contributed by atoms with van der Waals surface area (Å²) in [6.45, 7) is 6.02. The summed E-state index contributed by atoms with van der Waals surface area (Å²) < 4.78 is 5.96. The smallest absolute Gasteiger partial charge is 0.255 e. The molecule has 2 saturated heterocycles. The predicted molar refractivity (Wildman–Crippen MR) is 104 cm³/mol. The number of ether oxygens (including phenoxy) is 1. The second kappa shape index (κ2) is 7.41. The molecule has 0 N–H and O–H groups in total. The van der Waals surface area contributed by atoms with Crippen molar-refractivity contribution in [3.63, 3.8) is 0 Å². The van der Waals surface area contributed by atoms with Crippen molar-refractivity contribution >= 4 is 5.91 Å². The van der Waals surface area contributed by atoms with Crippen molar-refractivity contribution in [2.24, 2.45) is 5.41 Å². The molecule has 1 atom stereocenters. The number of aryl methyl sites for hydroxylation is 1. The van der Waals surface area contributed by atoms with Gasteiger partial charge < -0.3 is 14.5 Å². The van der Waals surface area contributed by atoms with Gasteiger partial charge in [0.15, 0.2) is 0 Å². The molecule has 1 aromatic carbocycles. The molecule has 0 radical (unpaired) electrons. The fourth-order valence-electron chi connectivity index (χ4n) is 4.36. The molecule has 4 rings (SSSR count). The highest BCUT2D eigenvalue weighted by Crippen LogP contribution is 2.42. The molecule has 1 amide bonds. The summed E-state index contributed by atoms with van der Waals surface area (Å²) in [5.74, 6) is 0.0968. The third-order valence-corrected chi connectivity index (χ3v) is 5.80. The molecule has 1 aromatic heterocycles. The lowest BCUT2D eigenvalue weighted by Crippen LogP contribution is -2.59. The van der Waals surface area contributed by atoms with Gasteiger partial charge in [0.05, 0.1) is 18.8 Å². The number of aromatic nitrogens is 1. The number of carbonyl (C=O) groups excluding carboxylic acids is 1. The summed E-state index contributed by atoms with van der Waals surface area (Å²) in [6.07, 6.45) is 2.78. The van der Waals surface area contributed by atoms with Gasteiger partial charge in [0.25, 0.3) is 5.91 Å². The molecule has 1 spiro atoms. The minimum absolute atomic E-state index is 0.0968. The van der Waals surface area contributed by atoms with Crippen LogP contribution in [0.5, 0.6) is 0 Å². The molecule has 1 unspecified atom stereocenters. The zero-order chi connectivity index (χ0) is 18.9. The van der Waals surface area contributed by atoms with Gasteiger partial charge in [0, 0.05) is 43.0 Å². The maximum absolute atomic E-state index is 12.6. The predicted octanol–water partition coefficient (Wildman–Crippen LogP) is 2.75. The molecule has 0 saturated carbocycles. The van der Waals surface area contributed by atoms with Crippen LogP contribution in [0.25, 0.3) is 0 Å². The minimum Gasteiger partial charge on any atom is -0.375 e. The molecule has 2 aliphatic heterocycles. The van der Waals surface area contributed by atoms with Crippen molar-refractivity contribution in [2.45, 2.75) is 26.0 Å². The molecule has 2 fully saturated rings. The SMILES string of the molecule is Cc1ccc(C(=O)N2CC3(CC(COCc4ccccc4)N(C)C3)C2)cn1. The van der Waals surface area contributed by atoms with Gasteiger partial charge in [-0.2, -0.15) is 0 Å². The normalized spacial score (nSPS) is 21.4. The third kappa shape index (κ3) is 3.89. The van der Waals surface area contributed by atoms with E-state index >= 15 is 0 Å². The van der Waals surface area contributed by atoms with E-state index in [0.29, 0.717) is 18.2 Å². The van der Waals surface area contributed by atoms with E-state index in [1.54, 1.807) is 6.20 Å². The Morgan fingerprint density at radius 1 is 1.19 bits per heavy atom. The lowest BCUT2D eigenvalue weighted by Gasteiger charge is -2.48. The van der Waals surface area contributed by atoms with Crippen LogP contribution in [0, 0.1) is 12.3 Å². The Hall–Kier alpha value is -2.24. The summed E-state index contributed by atoms with van der Waals surface area (Å²) >= 11 is 0. The molecular weight excluding hydrogens is 338 g/mol. The van der Waals surface area contributed by atoms with Gasteiger partial charge in [-0.05, 0) is 38.1 Å². The highest BCUT2D eigenvalue weighted by Gasteiger charge is 2.51. The van der Waals surface area contributed by atoms with E-state index in [9.17, 15) is 4.79 Å². The summed E-state index contributed by atoms with van der Waals surface area (Å²) in [5.41, 5.74) is 3.05. The number of pyridine rings is 1. The molecule has 0 bridgehead atoms. The molecular formula is C22H27N3O2. The number of rotatable bonds is 5. The first-order valence-electron chi connectivity index (χ1n) is 9.59. The Bertz CT molecular complexity index is 785. The fraction of sp³-hybridized carbons (Fsp3) is 0.455. The Kier molecular flexibility index (Phi) is 4.98. The van der Waals surface area contributed by atoms with Crippen molar-refractivity contribution < 1.29 is 9.53 Å². The number of hydrogen-bond donors (Lipinski definition) is 0. The molecule has 2 aliphatic rings. The summed E-state index contributed by atoms with van der Waals surface area (Å²) in [5, 5.41) is 0. The zero-order valence-electron chi connectivity index (χ0n) is 16.1. The highest BCUT2D eigenvalue weighted by molar-refractivity contribution is 5.94. The molecule has 5 nitrogen and oxygen atoms in total. The summed E-state index contributed by atoms with van der Waals surface area (Å²) in [4.78, 5) is 21.2. The summed E-state index contributed by atoms with van der Waals surface area (Å²) in [6, 6.07) is 14.5. The highest BCUT2D eigenvalue weighted by atomic mass is 16.5. The third-order valence-electron chi connectivity index (χ3n) is 5.80.